The number of ether oxygens (including phenoxy) is 1. The molecule has 0 aliphatic carbocycles. The fourth-order valence-electron chi connectivity index (χ4n) is 4.36. The molecule has 34 heavy (non-hydrogen) atoms. The number of carbonyl (C=O) groups is 1. The third-order valence-corrected chi connectivity index (χ3v) is 7.84. The van der Waals surface area contributed by atoms with Gasteiger partial charge in [-0.3, -0.25) is 9.69 Å². The Hall–Kier alpha value is -2.63. The van der Waals surface area contributed by atoms with E-state index in [1.165, 1.54) is 28.6 Å². The number of hydrogen-bond acceptors (Lipinski definition) is 5. The molecule has 1 saturated heterocycles. The summed E-state index contributed by atoms with van der Waals surface area (Å²) in [4.78, 5) is 13.2. The highest BCUT2D eigenvalue weighted by atomic mass is 32.2. The van der Waals surface area contributed by atoms with Gasteiger partial charge < -0.3 is 9.84 Å². The molecular formula is C23H27F3N2O5S. The van der Waals surface area contributed by atoms with Gasteiger partial charge in [-0.1, -0.05) is 18.2 Å². The number of carboxylic acids is 1. The van der Waals surface area contributed by atoms with Crippen LogP contribution in [0.15, 0.2) is 47.4 Å². The number of aliphatic carboxylic acids is 1. The lowest BCUT2D eigenvalue weighted by Gasteiger charge is -2.43. The van der Waals surface area contributed by atoms with Gasteiger partial charge in [0.05, 0.1) is 11.3 Å². The smallest absolute Gasteiger partial charge is 0.481 e. The van der Waals surface area contributed by atoms with Crippen molar-refractivity contribution >= 4 is 16.0 Å². The first-order valence-corrected chi connectivity index (χ1v) is 12.1. The Labute approximate surface area is 196 Å². The Morgan fingerprint density at radius 1 is 1.09 bits per heavy atom. The Balaban J connectivity index is 1.73. The van der Waals surface area contributed by atoms with Crippen molar-refractivity contribution in [3.05, 3.63) is 59.2 Å². The zero-order valence-corrected chi connectivity index (χ0v) is 19.9. The van der Waals surface area contributed by atoms with Crippen molar-refractivity contribution < 1.29 is 36.2 Å². The second-order valence-electron chi connectivity index (χ2n) is 8.58. The summed E-state index contributed by atoms with van der Waals surface area (Å²) >= 11 is 0. The number of aryl methyl sites for hydroxylation is 1. The summed E-state index contributed by atoms with van der Waals surface area (Å²) in [6, 6.07) is 9.40. The maximum atomic E-state index is 13.4. The summed E-state index contributed by atoms with van der Waals surface area (Å²) in [6.07, 6.45) is -5.01. The average Bonchev–Trinajstić information content (AvgIpc) is 2.69. The van der Waals surface area contributed by atoms with Crippen LogP contribution in [-0.2, 0) is 27.8 Å². The van der Waals surface area contributed by atoms with E-state index in [9.17, 15) is 26.4 Å². The minimum atomic E-state index is -4.75. The van der Waals surface area contributed by atoms with Crippen LogP contribution in [0.1, 0.15) is 30.5 Å². The van der Waals surface area contributed by atoms with E-state index in [0.29, 0.717) is 30.8 Å². The highest BCUT2D eigenvalue weighted by Gasteiger charge is 2.38. The first-order chi connectivity index (χ1) is 15.8. The van der Waals surface area contributed by atoms with Crippen molar-refractivity contribution in [3.63, 3.8) is 0 Å². The number of nitrogens with zero attached hydrogens (tertiary/aromatic N) is 2. The van der Waals surface area contributed by atoms with E-state index >= 15 is 0 Å². The number of halogens is 3. The van der Waals surface area contributed by atoms with E-state index in [4.69, 9.17) is 5.11 Å². The van der Waals surface area contributed by atoms with Gasteiger partial charge >= 0.3 is 12.3 Å². The maximum Gasteiger partial charge on any atom is 0.573 e. The van der Waals surface area contributed by atoms with Gasteiger partial charge in [-0.2, -0.15) is 4.31 Å². The zero-order chi connectivity index (χ0) is 25.3. The highest BCUT2D eigenvalue weighted by molar-refractivity contribution is 7.89. The van der Waals surface area contributed by atoms with Crippen molar-refractivity contribution in [2.45, 2.75) is 57.1 Å². The summed E-state index contributed by atoms with van der Waals surface area (Å²) in [5.41, 5.74) is 1.94. The van der Waals surface area contributed by atoms with E-state index in [2.05, 4.69) is 4.74 Å². The van der Waals surface area contributed by atoms with E-state index in [1.807, 2.05) is 4.90 Å². The van der Waals surface area contributed by atoms with Crippen molar-refractivity contribution in [1.29, 1.82) is 0 Å². The molecule has 2 unspecified atom stereocenters. The van der Waals surface area contributed by atoms with Crippen LogP contribution in [-0.4, -0.2) is 60.2 Å². The highest BCUT2D eigenvalue weighted by Crippen LogP contribution is 2.28. The average molecular weight is 501 g/mol. The lowest BCUT2D eigenvalue weighted by molar-refractivity contribution is -0.274. The lowest BCUT2D eigenvalue weighted by Crippen LogP contribution is -2.58. The molecule has 0 saturated carbocycles. The fraction of sp³-hybridized carbons (Fsp3) is 0.435. The molecular weight excluding hydrogens is 473 g/mol. The molecule has 3 rings (SSSR count). The predicted molar refractivity (Wildman–Crippen MR) is 119 cm³/mol. The second-order valence-corrected chi connectivity index (χ2v) is 10.4. The van der Waals surface area contributed by atoms with Crippen molar-refractivity contribution in [2.75, 3.05) is 13.1 Å². The van der Waals surface area contributed by atoms with Crippen LogP contribution in [0.4, 0.5) is 13.2 Å². The Morgan fingerprint density at radius 3 is 2.21 bits per heavy atom. The van der Waals surface area contributed by atoms with Crippen LogP contribution in [0.25, 0.3) is 0 Å². The molecule has 1 heterocycles. The minimum absolute atomic E-state index is 0.0572. The topological polar surface area (TPSA) is 87.2 Å². The van der Waals surface area contributed by atoms with Gasteiger partial charge in [0.25, 0.3) is 0 Å². The van der Waals surface area contributed by atoms with Gasteiger partial charge in [0, 0.05) is 31.7 Å². The molecule has 0 aromatic heterocycles. The van der Waals surface area contributed by atoms with Crippen LogP contribution in [0.5, 0.6) is 5.75 Å². The normalized spacial score (nSPS) is 20.3. The number of rotatable bonds is 7. The Bertz CT molecular complexity index is 1120. The van der Waals surface area contributed by atoms with E-state index in [-0.39, 0.29) is 29.1 Å². The van der Waals surface area contributed by atoms with Crippen LogP contribution in [0.3, 0.4) is 0 Å². The Kier molecular flexibility index (Phi) is 7.59. The molecule has 0 radical (unpaired) electrons. The molecule has 2 aromatic carbocycles. The molecule has 2 atom stereocenters. The van der Waals surface area contributed by atoms with Gasteiger partial charge in [0.2, 0.25) is 10.0 Å². The maximum absolute atomic E-state index is 13.4. The molecule has 0 bridgehead atoms. The molecule has 1 aliphatic heterocycles. The second kappa shape index (κ2) is 9.93. The number of piperazine rings is 1. The standard InChI is InChI=1S/C23H27F3N2O5S/c1-15-4-9-21(10-19(15)11-22(29)30)34(31,32)28-16(2)12-27(13-17(28)3)14-18-5-7-20(8-6-18)33-23(24,25)26/h4-10,16-17H,11-14H2,1-3H3,(H,29,30). The number of carboxylic acid groups (broad SMARTS) is 1. The number of sulfonamides is 1. The predicted octanol–water partition coefficient (Wildman–Crippen LogP) is 3.80. The van der Waals surface area contributed by atoms with Crippen molar-refractivity contribution in [2.24, 2.45) is 0 Å². The summed E-state index contributed by atoms with van der Waals surface area (Å²) in [7, 11) is -3.86. The Morgan fingerprint density at radius 2 is 1.68 bits per heavy atom. The molecule has 2 aromatic rings. The molecule has 11 heteroatoms. The number of hydrogen-bond donors (Lipinski definition) is 1. The van der Waals surface area contributed by atoms with Gasteiger partial charge in [-0.15, -0.1) is 13.2 Å². The van der Waals surface area contributed by atoms with Gasteiger partial charge in [-0.25, -0.2) is 8.42 Å². The van der Waals surface area contributed by atoms with Gasteiger partial charge in [-0.05, 0) is 61.7 Å². The molecule has 1 N–H and O–H groups in total. The van der Waals surface area contributed by atoms with Crippen LogP contribution < -0.4 is 4.74 Å². The van der Waals surface area contributed by atoms with E-state index in [0.717, 1.165) is 5.56 Å². The number of benzene rings is 2. The molecule has 1 aliphatic rings. The van der Waals surface area contributed by atoms with E-state index < -0.39 is 22.4 Å². The largest absolute Gasteiger partial charge is 0.573 e. The van der Waals surface area contributed by atoms with Crippen LogP contribution in [0, 0.1) is 6.92 Å². The molecule has 7 nitrogen and oxygen atoms in total. The summed E-state index contributed by atoms with van der Waals surface area (Å²) in [5.74, 6) is -1.33. The quantitative estimate of drug-likeness (QED) is 0.622. The fourth-order valence-corrected chi connectivity index (χ4v) is 6.21. The number of alkyl halides is 3. The van der Waals surface area contributed by atoms with E-state index in [1.54, 1.807) is 39.0 Å². The summed E-state index contributed by atoms with van der Waals surface area (Å²) in [6.45, 7) is 6.64. The van der Waals surface area contributed by atoms with Gasteiger partial charge in [0.15, 0.2) is 0 Å². The molecule has 1 fully saturated rings. The first-order valence-electron chi connectivity index (χ1n) is 10.7. The van der Waals surface area contributed by atoms with Crippen LogP contribution in [0.2, 0.25) is 0 Å². The van der Waals surface area contributed by atoms with Crippen molar-refractivity contribution in [3.8, 4) is 5.75 Å². The third kappa shape index (κ3) is 6.28. The minimum Gasteiger partial charge on any atom is -0.481 e. The zero-order valence-electron chi connectivity index (χ0n) is 19.0. The molecule has 0 spiro atoms. The monoisotopic (exact) mass is 500 g/mol. The third-order valence-electron chi connectivity index (χ3n) is 5.71. The molecule has 186 valence electrons. The van der Waals surface area contributed by atoms with Crippen LogP contribution >= 0.6 is 0 Å². The lowest BCUT2D eigenvalue weighted by atomic mass is 10.1. The SMILES string of the molecule is Cc1ccc(S(=O)(=O)N2C(C)CN(Cc3ccc(OC(F)(F)F)cc3)CC2C)cc1CC(=O)O. The van der Waals surface area contributed by atoms with Crippen molar-refractivity contribution in [1.82, 2.24) is 9.21 Å². The molecule has 0 amide bonds. The first kappa shape index (κ1) is 26.0. The summed E-state index contributed by atoms with van der Waals surface area (Å²) < 4.78 is 69.2. The summed E-state index contributed by atoms with van der Waals surface area (Å²) in [5, 5.41) is 9.11. The van der Waals surface area contributed by atoms with Gasteiger partial charge in [0.1, 0.15) is 5.75 Å².